The summed E-state index contributed by atoms with van der Waals surface area (Å²) in [6, 6.07) is 0.376. The van der Waals surface area contributed by atoms with Gasteiger partial charge in [0.15, 0.2) is 0 Å². The van der Waals surface area contributed by atoms with Gasteiger partial charge in [0.2, 0.25) is 10.0 Å². The Balaban J connectivity index is 2.53. The van der Waals surface area contributed by atoms with Gasteiger partial charge in [0.25, 0.3) is 0 Å². The van der Waals surface area contributed by atoms with Crippen LogP contribution < -0.4 is 4.72 Å². The lowest BCUT2D eigenvalue weighted by molar-refractivity contribution is 0.277. The molecule has 0 aliphatic carbocycles. The van der Waals surface area contributed by atoms with Crippen LogP contribution in [0, 0.1) is 0 Å². The zero-order valence-electron chi connectivity index (χ0n) is 12.3. The number of aliphatic hydroxyl groups excluding tert-OH is 1. The smallest absolute Gasteiger partial charge is 0.243 e. The van der Waals surface area contributed by atoms with Crippen LogP contribution in [-0.4, -0.2) is 61.0 Å². The summed E-state index contributed by atoms with van der Waals surface area (Å²) < 4.78 is 28.2. The highest BCUT2D eigenvalue weighted by molar-refractivity contribution is 7.89. The molecule has 8 heteroatoms. The van der Waals surface area contributed by atoms with Gasteiger partial charge in [0.1, 0.15) is 4.90 Å². The van der Waals surface area contributed by atoms with Crippen molar-refractivity contribution in [2.24, 2.45) is 0 Å². The fourth-order valence-electron chi connectivity index (χ4n) is 1.54. The van der Waals surface area contributed by atoms with E-state index in [-0.39, 0.29) is 11.5 Å². The highest BCUT2D eigenvalue weighted by Gasteiger charge is 2.16. The van der Waals surface area contributed by atoms with Gasteiger partial charge in [-0.1, -0.05) is 0 Å². The van der Waals surface area contributed by atoms with Crippen LogP contribution >= 0.6 is 0 Å². The van der Waals surface area contributed by atoms with Gasteiger partial charge in [-0.25, -0.2) is 13.1 Å². The van der Waals surface area contributed by atoms with Gasteiger partial charge in [0, 0.05) is 38.5 Å². The maximum atomic E-state index is 12.0. The summed E-state index contributed by atoms with van der Waals surface area (Å²) in [6.07, 6.45) is 3.35. The third-order valence-electron chi connectivity index (χ3n) is 3.10. The molecular weight excluding hydrogens is 280 g/mol. The van der Waals surface area contributed by atoms with Crippen molar-refractivity contribution < 1.29 is 13.5 Å². The predicted molar refractivity (Wildman–Crippen MR) is 76.9 cm³/mol. The minimum Gasteiger partial charge on any atom is -0.396 e. The Morgan fingerprint density at radius 2 is 2.20 bits per heavy atom. The SMILES string of the molecule is CC(C)N(C)CCNS(=O)(=O)c1cnn(CCCO)c1. The van der Waals surface area contributed by atoms with Gasteiger partial charge in [-0.2, -0.15) is 5.10 Å². The molecule has 0 saturated carbocycles. The van der Waals surface area contributed by atoms with E-state index < -0.39 is 10.0 Å². The zero-order chi connectivity index (χ0) is 15.2. The van der Waals surface area contributed by atoms with Crippen molar-refractivity contribution in [3.05, 3.63) is 12.4 Å². The number of sulfonamides is 1. The molecule has 1 aromatic rings. The van der Waals surface area contributed by atoms with Crippen LogP contribution in [0.2, 0.25) is 0 Å². The van der Waals surface area contributed by atoms with Crippen LogP contribution in [-0.2, 0) is 16.6 Å². The average Bonchev–Trinajstić information content (AvgIpc) is 2.85. The fraction of sp³-hybridized carbons (Fsp3) is 0.750. The summed E-state index contributed by atoms with van der Waals surface area (Å²) >= 11 is 0. The second-order valence-electron chi connectivity index (χ2n) is 4.99. The van der Waals surface area contributed by atoms with Gasteiger partial charge in [-0.3, -0.25) is 4.68 Å². The summed E-state index contributed by atoms with van der Waals surface area (Å²) in [5.74, 6) is 0. The van der Waals surface area contributed by atoms with E-state index in [1.807, 2.05) is 7.05 Å². The minimum absolute atomic E-state index is 0.0573. The molecule has 0 aromatic carbocycles. The lowest BCUT2D eigenvalue weighted by atomic mass is 10.3. The Labute approximate surface area is 120 Å². The highest BCUT2D eigenvalue weighted by Crippen LogP contribution is 2.07. The van der Waals surface area contributed by atoms with Gasteiger partial charge in [-0.05, 0) is 27.3 Å². The first-order chi connectivity index (χ1) is 9.36. The van der Waals surface area contributed by atoms with Crippen molar-refractivity contribution in [1.29, 1.82) is 0 Å². The van der Waals surface area contributed by atoms with Gasteiger partial charge < -0.3 is 10.0 Å². The molecule has 0 atom stereocenters. The van der Waals surface area contributed by atoms with Gasteiger partial charge in [-0.15, -0.1) is 0 Å². The molecule has 0 aliphatic rings. The Morgan fingerprint density at radius 1 is 1.50 bits per heavy atom. The molecule has 0 bridgehead atoms. The van der Waals surface area contributed by atoms with E-state index in [1.165, 1.54) is 17.1 Å². The van der Waals surface area contributed by atoms with E-state index in [9.17, 15) is 8.42 Å². The third kappa shape index (κ3) is 5.20. The maximum Gasteiger partial charge on any atom is 0.243 e. The van der Waals surface area contributed by atoms with Gasteiger partial charge >= 0.3 is 0 Å². The Morgan fingerprint density at radius 3 is 2.80 bits per heavy atom. The first-order valence-corrected chi connectivity index (χ1v) is 8.18. The molecule has 0 aliphatic heterocycles. The van der Waals surface area contributed by atoms with Crippen LogP contribution in [0.15, 0.2) is 17.3 Å². The molecular formula is C12H24N4O3S. The number of hydrogen-bond acceptors (Lipinski definition) is 5. The highest BCUT2D eigenvalue weighted by atomic mass is 32.2. The quantitative estimate of drug-likeness (QED) is 0.664. The average molecular weight is 304 g/mol. The zero-order valence-corrected chi connectivity index (χ0v) is 13.1. The lowest BCUT2D eigenvalue weighted by Gasteiger charge is -2.20. The maximum absolute atomic E-state index is 12.0. The van der Waals surface area contributed by atoms with Crippen LogP contribution in [0.1, 0.15) is 20.3 Å². The summed E-state index contributed by atoms with van der Waals surface area (Å²) in [4.78, 5) is 2.22. The topological polar surface area (TPSA) is 87.5 Å². The van der Waals surface area contributed by atoms with Gasteiger partial charge in [0.05, 0.1) is 6.20 Å². The molecule has 20 heavy (non-hydrogen) atoms. The summed E-state index contributed by atoms with van der Waals surface area (Å²) in [5.41, 5.74) is 0. The number of nitrogens with one attached hydrogen (secondary N) is 1. The standard InChI is InChI=1S/C12H24N4O3S/c1-11(2)15(3)7-5-14-20(18,19)12-9-13-16(10-12)6-4-8-17/h9-11,14,17H,4-8H2,1-3H3. The van der Waals surface area contributed by atoms with Crippen molar-refractivity contribution in [2.45, 2.75) is 37.8 Å². The van der Waals surface area contributed by atoms with Crippen LogP contribution in [0.5, 0.6) is 0 Å². The third-order valence-corrected chi connectivity index (χ3v) is 4.52. The second-order valence-corrected chi connectivity index (χ2v) is 6.76. The van der Waals surface area contributed by atoms with E-state index >= 15 is 0 Å². The number of aliphatic hydroxyl groups is 1. The Kier molecular flexibility index (Phi) is 6.60. The molecule has 7 nitrogen and oxygen atoms in total. The number of aromatic nitrogens is 2. The minimum atomic E-state index is -3.51. The summed E-state index contributed by atoms with van der Waals surface area (Å²) in [7, 11) is -1.56. The normalized spacial score (nSPS) is 12.5. The van der Waals surface area contributed by atoms with E-state index in [0.717, 1.165) is 0 Å². The fourth-order valence-corrected chi connectivity index (χ4v) is 2.51. The number of rotatable bonds is 9. The molecule has 0 radical (unpaired) electrons. The van der Waals surface area contributed by atoms with Crippen molar-refractivity contribution in [3.63, 3.8) is 0 Å². The number of aryl methyl sites for hydroxylation is 1. The number of hydrogen-bond donors (Lipinski definition) is 2. The van der Waals surface area contributed by atoms with Crippen molar-refractivity contribution >= 4 is 10.0 Å². The molecule has 116 valence electrons. The molecule has 1 heterocycles. The van der Waals surface area contributed by atoms with E-state index in [4.69, 9.17) is 5.11 Å². The van der Waals surface area contributed by atoms with Crippen LogP contribution in [0.25, 0.3) is 0 Å². The second kappa shape index (κ2) is 7.72. The van der Waals surface area contributed by atoms with Crippen LogP contribution in [0.3, 0.4) is 0 Å². The summed E-state index contributed by atoms with van der Waals surface area (Å²) in [6.45, 7) is 5.68. The van der Waals surface area contributed by atoms with Crippen molar-refractivity contribution in [2.75, 3.05) is 26.7 Å². The lowest BCUT2D eigenvalue weighted by Crippen LogP contribution is -2.36. The van der Waals surface area contributed by atoms with Crippen LogP contribution in [0.4, 0.5) is 0 Å². The molecule has 0 spiro atoms. The molecule has 0 fully saturated rings. The Bertz CT molecular complexity index is 499. The molecule has 0 amide bonds. The van der Waals surface area contributed by atoms with E-state index in [1.54, 1.807) is 0 Å². The molecule has 1 aromatic heterocycles. The number of nitrogens with zero attached hydrogens (tertiary/aromatic N) is 3. The monoisotopic (exact) mass is 304 g/mol. The summed E-state index contributed by atoms with van der Waals surface area (Å²) in [5, 5.41) is 12.7. The molecule has 1 rings (SSSR count). The first-order valence-electron chi connectivity index (χ1n) is 6.70. The van der Waals surface area contributed by atoms with E-state index in [0.29, 0.717) is 32.1 Å². The predicted octanol–water partition coefficient (Wildman–Crippen LogP) is -0.116. The Hall–Kier alpha value is -0.960. The van der Waals surface area contributed by atoms with E-state index in [2.05, 4.69) is 28.6 Å². The van der Waals surface area contributed by atoms with Crippen molar-refractivity contribution in [3.8, 4) is 0 Å². The molecule has 0 unspecified atom stereocenters. The number of likely N-dealkylation sites (N-methyl/N-ethyl adjacent to an activating group) is 1. The largest absolute Gasteiger partial charge is 0.396 e. The van der Waals surface area contributed by atoms with Crippen molar-refractivity contribution in [1.82, 2.24) is 19.4 Å². The first kappa shape index (κ1) is 17.1. The molecule has 0 saturated heterocycles. The molecule has 2 N–H and O–H groups in total.